The van der Waals surface area contributed by atoms with Crippen LogP contribution in [0, 0.1) is 10.1 Å². The SMILES string of the molecule is C=P(C)(OC)OC(C)c1cc(CNC(=O)CC)ccc1[N+](=O)[O-]. The summed E-state index contributed by atoms with van der Waals surface area (Å²) >= 11 is 0. The first-order valence-corrected chi connectivity index (χ1v) is 9.44. The van der Waals surface area contributed by atoms with Crippen LogP contribution in [0.25, 0.3) is 0 Å². The smallest absolute Gasteiger partial charge is 0.275 e. The van der Waals surface area contributed by atoms with Crippen LogP contribution in [0.3, 0.4) is 0 Å². The molecule has 0 radical (unpaired) electrons. The lowest BCUT2D eigenvalue weighted by atomic mass is 10.0. The number of carbonyl (C=O) groups is 1. The van der Waals surface area contributed by atoms with Crippen molar-refractivity contribution >= 4 is 25.2 Å². The first-order chi connectivity index (χ1) is 10.7. The normalized spacial score (nSPS) is 14.8. The Balaban J connectivity index is 3.08. The topological polar surface area (TPSA) is 90.7 Å². The number of carbonyl (C=O) groups excluding carboxylic acids is 1. The lowest BCUT2D eigenvalue weighted by Gasteiger charge is -2.23. The van der Waals surface area contributed by atoms with Crippen LogP contribution in [0.1, 0.15) is 37.5 Å². The maximum atomic E-state index is 11.3. The maximum Gasteiger partial charge on any atom is 0.275 e. The molecular weight excluding hydrogens is 319 g/mol. The molecule has 7 nitrogen and oxygen atoms in total. The van der Waals surface area contributed by atoms with E-state index in [0.29, 0.717) is 18.5 Å². The van der Waals surface area contributed by atoms with Crippen molar-refractivity contribution in [1.29, 1.82) is 0 Å². The van der Waals surface area contributed by atoms with Gasteiger partial charge in [-0.05, 0) is 18.6 Å². The molecule has 128 valence electrons. The summed E-state index contributed by atoms with van der Waals surface area (Å²) in [7, 11) is -0.790. The summed E-state index contributed by atoms with van der Waals surface area (Å²) in [5.74, 6) is -0.0788. The van der Waals surface area contributed by atoms with Gasteiger partial charge in [-0.15, -0.1) is 0 Å². The first kappa shape index (κ1) is 19.4. The highest BCUT2D eigenvalue weighted by molar-refractivity contribution is 7.63. The van der Waals surface area contributed by atoms with Crippen molar-refractivity contribution in [2.75, 3.05) is 13.8 Å². The van der Waals surface area contributed by atoms with Crippen molar-refractivity contribution in [3.05, 3.63) is 39.4 Å². The van der Waals surface area contributed by atoms with Crippen LogP contribution in [-0.2, 0) is 20.4 Å². The van der Waals surface area contributed by atoms with Crippen molar-refractivity contribution in [2.45, 2.75) is 32.9 Å². The molecule has 0 aliphatic heterocycles. The lowest BCUT2D eigenvalue weighted by Crippen LogP contribution is -2.21. The van der Waals surface area contributed by atoms with Gasteiger partial charge in [0.15, 0.2) is 0 Å². The Morgan fingerprint density at radius 3 is 2.70 bits per heavy atom. The summed E-state index contributed by atoms with van der Waals surface area (Å²) in [6.07, 6.45) is 3.70. The van der Waals surface area contributed by atoms with Crippen LogP contribution in [0.4, 0.5) is 5.69 Å². The molecule has 0 saturated carbocycles. The highest BCUT2D eigenvalue weighted by atomic mass is 31.2. The molecule has 0 heterocycles. The number of nitro benzene ring substituents is 1. The van der Waals surface area contributed by atoms with Crippen LogP contribution in [0.2, 0.25) is 0 Å². The zero-order valence-electron chi connectivity index (χ0n) is 13.9. The van der Waals surface area contributed by atoms with Crippen molar-refractivity contribution < 1.29 is 18.8 Å². The molecule has 1 aromatic rings. The third-order valence-electron chi connectivity index (χ3n) is 3.30. The average molecular weight is 342 g/mol. The molecule has 1 rings (SSSR count). The zero-order chi connectivity index (χ0) is 17.6. The number of hydrogen-bond donors (Lipinski definition) is 1. The van der Waals surface area contributed by atoms with E-state index in [1.807, 2.05) is 0 Å². The molecule has 1 aromatic carbocycles. The first-order valence-electron chi connectivity index (χ1n) is 7.19. The van der Waals surface area contributed by atoms with Gasteiger partial charge in [-0.25, -0.2) is 0 Å². The number of benzene rings is 1. The fourth-order valence-corrected chi connectivity index (χ4v) is 2.83. The lowest BCUT2D eigenvalue weighted by molar-refractivity contribution is -0.386. The minimum Gasteiger partial charge on any atom is -0.352 e. The second-order valence-electron chi connectivity index (χ2n) is 5.22. The monoisotopic (exact) mass is 342 g/mol. The van der Waals surface area contributed by atoms with Crippen LogP contribution >= 0.6 is 7.34 Å². The zero-order valence-corrected chi connectivity index (χ0v) is 14.8. The third-order valence-corrected chi connectivity index (χ3v) is 4.84. The van der Waals surface area contributed by atoms with Crippen LogP contribution < -0.4 is 5.32 Å². The van der Waals surface area contributed by atoms with Gasteiger partial charge in [0, 0.05) is 32.8 Å². The molecule has 1 N–H and O–H groups in total. The Hall–Kier alpha value is -1.69. The van der Waals surface area contributed by atoms with Crippen molar-refractivity contribution in [3.63, 3.8) is 0 Å². The standard InChI is InChI=1S/C15H23N2O5P/c1-6-15(18)16-10-12-7-8-14(17(19)20)13(9-12)11(2)22-23(4,5)21-3/h7-9,11H,4,6,10H2,1-3,5H3,(H,16,18). The van der Waals surface area contributed by atoms with E-state index in [-0.39, 0.29) is 11.6 Å². The van der Waals surface area contributed by atoms with Gasteiger partial charge in [0.25, 0.3) is 5.69 Å². The van der Waals surface area contributed by atoms with Gasteiger partial charge >= 0.3 is 0 Å². The summed E-state index contributed by atoms with van der Waals surface area (Å²) in [5, 5.41) is 14.0. The number of nitro groups is 1. The molecule has 0 aliphatic rings. The molecule has 8 heteroatoms. The Bertz CT molecular complexity index is 632. The van der Waals surface area contributed by atoms with Gasteiger partial charge in [-0.3, -0.25) is 14.9 Å². The molecule has 0 aromatic heterocycles. The van der Waals surface area contributed by atoms with Gasteiger partial charge in [0.05, 0.1) is 16.6 Å². The van der Waals surface area contributed by atoms with Gasteiger partial charge in [-0.1, -0.05) is 19.3 Å². The van der Waals surface area contributed by atoms with Gasteiger partial charge in [0.2, 0.25) is 5.91 Å². The van der Waals surface area contributed by atoms with Gasteiger partial charge in [-0.2, -0.15) is 0 Å². The summed E-state index contributed by atoms with van der Waals surface area (Å²) in [5.41, 5.74) is 1.17. The van der Waals surface area contributed by atoms with Crippen LogP contribution in [0.15, 0.2) is 18.2 Å². The van der Waals surface area contributed by atoms with E-state index in [2.05, 4.69) is 11.6 Å². The molecule has 0 spiro atoms. The second kappa shape index (κ2) is 8.24. The fourth-order valence-electron chi connectivity index (χ4n) is 1.97. The predicted octanol–water partition coefficient (Wildman–Crippen LogP) is 3.25. The highest BCUT2D eigenvalue weighted by Crippen LogP contribution is 2.48. The Morgan fingerprint density at radius 1 is 1.52 bits per heavy atom. The van der Waals surface area contributed by atoms with Gasteiger partial charge in [0.1, 0.15) is 7.34 Å². The molecular formula is C15H23N2O5P. The number of rotatable bonds is 8. The molecule has 0 saturated heterocycles. The number of hydrogen-bond acceptors (Lipinski definition) is 5. The van der Waals surface area contributed by atoms with E-state index in [9.17, 15) is 14.9 Å². The minimum atomic E-state index is -2.29. The van der Waals surface area contributed by atoms with E-state index >= 15 is 0 Å². The quantitative estimate of drug-likeness (QED) is 0.445. The van der Waals surface area contributed by atoms with Crippen LogP contribution in [0.5, 0.6) is 0 Å². The number of nitrogens with zero attached hydrogens (tertiary/aromatic N) is 1. The largest absolute Gasteiger partial charge is 0.352 e. The van der Waals surface area contributed by atoms with E-state index in [1.165, 1.54) is 13.2 Å². The Labute approximate surface area is 136 Å². The fraction of sp³-hybridized carbons (Fsp3) is 0.467. The van der Waals surface area contributed by atoms with E-state index in [0.717, 1.165) is 5.56 Å². The molecule has 0 fully saturated rings. The Kier molecular flexibility index (Phi) is 6.94. The average Bonchev–Trinajstić information content (AvgIpc) is 2.51. The van der Waals surface area contributed by atoms with Crippen LogP contribution in [-0.4, -0.2) is 30.9 Å². The van der Waals surface area contributed by atoms with Crippen molar-refractivity contribution in [1.82, 2.24) is 5.32 Å². The maximum absolute atomic E-state index is 11.3. The van der Waals surface area contributed by atoms with Crippen molar-refractivity contribution in [2.24, 2.45) is 0 Å². The van der Waals surface area contributed by atoms with E-state index in [1.54, 1.807) is 32.6 Å². The second-order valence-corrected chi connectivity index (χ2v) is 7.83. The molecule has 0 aliphatic carbocycles. The van der Waals surface area contributed by atoms with E-state index < -0.39 is 18.4 Å². The number of amides is 1. The Morgan fingerprint density at radius 2 is 2.17 bits per heavy atom. The third kappa shape index (κ3) is 5.78. The summed E-state index contributed by atoms with van der Waals surface area (Å²) in [6, 6.07) is 4.72. The summed E-state index contributed by atoms with van der Waals surface area (Å²) < 4.78 is 11.0. The number of nitrogens with one attached hydrogen (secondary N) is 1. The van der Waals surface area contributed by atoms with Crippen molar-refractivity contribution in [3.8, 4) is 0 Å². The van der Waals surface area contributed by atoms with Gasteiger partial charge < -0.3 is 14.4 Å². The summed E-state index contributed by atoms with van der Waals surface area (Å²) in [4.78, 5) is 22.1. The predicted molar refractivity (Wildman–Crippen MR) is 91.7 cm³/mol. The highest BCUT2D eigenvalue weighted by Gasteiger charge is 2.23. The molecule has 0 bridgehead atoms. The molecule has 23 heavy (non-hydrogen) atoms. The molecule has 2 unspecified atom stereocenters. The van der Waals surface area contributed by atoms with E-state index in [4.69, 9.17) is 9.05 Å². The minimum absolute atomic E-state index is 0.0285. The molecule has 2 atom stereocenters. The summed E-state index contributed by atoms with van der Waals surface area (Å²) in [6.45, 7) is 5.53. The molecule has 1 amide bonds.